The van der Waals surface area contributed by atoms with Crippen LogP contribution in [0.2, 0.25) is 0 Å². The molecule has 3 N–H and O–H groups in total. The standard InChI is InChI=1S/C5H10N4/c1-5(9-6)8-4-3-7-2/h3-4H,2,6H2,1H3,(H,8,9)/b4-3-. The minimum atomic E-state index is 0.634. The number of nitrogens with zero attached hydrogens (tertiary/aromatic N) is 2. The largest absolute Gasteiger partial charge is 0.312 e. The molecule has 0 amide bonds. The van der Waals surface area contributed by atoms with E-state index < -0.39 is 0 Å². The molecule has 9 heavy (non-hydrogen) atoms. The van der Waals surface area contributed by atoms with E-state index in [-0.39, 0.29) is 0 Å². The highest BCUT2D eigenvalue weighted by Gasteiger charge is 1.75. The van der Waals surface area contributed by atoms with E-state index in [2.05, 4.69) is 22.1 Å². The van der Waals surface area contributed by atoms with Crippen LogP contribution in [0.5, 0.6) is 0 Å². The molecule has 0 saturated carbocycles. The second kappa shape index (κ2) is 4.99. The van der Waals surface area contributed by atoms with Gasteiger partial charge in [-0.25, -0.2) is 10.8 Å². The number of rotatable bonds is 2. The van der Waals surface area contributed by atoms with Gasteiger partial charge in [0.05, 0.1) is 0 Å². The van der Waals surface area contributed by atoms with Crippen molar-refractivity contribution in [1.82, 2.24) is 5.43 Å². The molecule has 0 saturated heterocycles. The summed E-state index contributed by atoms with van der Waals surface area (Å²) in [4.78, 5) is 7.23. The highest BCUT2D eigenvalue weighted by Crippen LogP contribution is 1.75. The Morgan fingerprint density at radius 2 is 2.33 bits per heavy atom. The van der Waals surface area contributed by atoms with Crippen LogP contribution in [0.15, 0.2) is 22.4 Å². The molecule has 0 radical (unpaired) electrons. The second-order valence-corrected chi connectivity index (χ2v) is 1.34. The zero-order valence-corrected chi connectivity index (χ0v) is 5.33. The molecule has 0 aliphatic heterocycles. The molecule has 0 bridgehead atoms. The monoisotopic (exact) mass is 126 g/mol. The predicted molar refractivity (Wildman–Crippen MR) is 39.1 cm³/mol. The zero-order chi connectivity index (χ0) is 7.11. The topological polar surface area (TPSA) is 62.8 Å². The number of aliphatic imine (C=N–C) groups is 2. The van der Waals surface area contributed by atoms with Gasteiger partial charge in [-0.2, -0.15) is 0 Å². The Morgan fingerprint density at radius 3 is 2.78 bits per heavy atom. The summed E-state index contributed by atoms with van der Waals surface area (Å²) < 4.78 is 0. The van der Waals surface area contributed by atoms with Crippen molar-refractivity contribution in [3.63, 3.8) is 0 Å². The first kappa shape index (κ1) is 7.84. The van der Waals surface area contributed by atoms with Crippen LogP contribution in [-0.4, -0.2) is 12.6 Å². The van der Waals surface area contributed by atoms with Gasteiger partial charge in [-0.3, -0.25) is 4.99 Å². The minimum Gasteiger partial charge on any atom is -0.312 e. The van der Waals surface area contributed by atoms with Gasteiger partial charge < -0.3 is 5.43 Å². The molecule has 0 aliphatic rings. The molecule has 0 aromatic rings. The number of hydrogen-bond acceptors (Lipinski definition) is 3. The minimum absolute atomic E-state index is 0.634. The molecule has 4 nitrogen and oxygen atoms in total. The Balaban J connectivity index is 3.67. The van der Waals surface area contributed by atoms with Crippen LogP contribution in [0, 0.1) is 0 Å². The van der Waals surface area contributed by atoms with Gasteiger partial charge in [0, 0.05) is 12.4 Å². The van der Waals surface area contributed by atoms with Gasteiger partial charge in [0.2, 0.25) is 0 Å². The first-order valence-corrected chi connectivity index (χ1v) is 2.43. The number of hydrogen-bond donors (Lipinski definition) is 2. The maximum absolute atomic E-state index is 4.99. The van der Waals surface area contributed by atoms with E-state index in [1.165, 1.54) is 12.4 Å². The Labute approximate surface area is 54.2 Å². The molecule has 0 aromatic carbocycles. The summed E-state index contributed by atoms with van der Waals surface area (Å²) in [6, 6.07) is 0. The quantitative estimate of drug-likeness (QED) is 0.237. The molecule has 0 heterocycles. The molecule has 0 aliphatic carbocycles. The first-order chi connectivity index (χ1) is 4.31. The third kappa shape index (κ3) is 4.70. The van der Waals surface area contributed by atoms with E-state index in [1.54, 1.807) is 6.92 Å². The number of nitrogens with two attached hydrogens (primary N) is 1. The molecule has 50 valence electrons. The second-order valence-electron chi connectivity index (χ2n) is 1.34. The van der Waals surface area contributed by atoms with Gasteiger partial charge in [0.1, 0.15) is 5.84 Å². The SMILES string of the molecule is C=N/C=C\N=C(C)NN. The van der Waals surface area contributed by atoms with E-state index >= 15 is 0 Å². The average molecular weight is 126 g/mol. The molecule has 0 unspecified atom stereocenters. The van der Waals surface area contributed by atoms with Gasteiger partial charge in [0.15, 0.2) is 0 Å². The summed E-state index contributed by atoms with van der Waals surface area (Å²) in [6.07, 6.45) is 2.98. The lowest BCUT2D eigenvalue weighted by Crippen LogP contribution is -2.27. The van der Waals surface area contributed by atoms with Crippen molar-refractivity contribution < 1.29 is 0 Å². The Hall–Kier alpha value is -1.16. The highest BCUT2D eigenvalue weighted by molar-refractivity contribution is 5.79. The van der Waals surface area contributed by atoms with Crippen LogP contribution in [0.4, 0.5) is 0 Å². The molecule has 0 atom stereocenters. The number of hydrazine groups is 1. The van der Waals surface area contributed by atoms with E-state index in [4.69, 9.17) is 5.84 Å². The molecular formula is C5H10N4. The molecule has 4 heteroatoms. The van der Waals surface area contributed by atoms with E-state index in [9.17, 15) is 0 Å². The summed E-state index contributed by atoms with van der Waals surface area (Å²) in [5, 5.41) is 0. The van der Waals surface area contributed by atoms with Gasteiger partial charge >= 0.3 is 0 Å². The third-order valence-corrected chi connectivity index (χ3v) is 0.649. The van der Waals surface area contributed by atoms with Crippen molar-refractivity contribution in [1.29, 1.82) is 0 Å². The van der Waals surface area contributed by atoms with Crippen molar-refractivity contribution in [2.24, 2.45) is 15.8 Å². The van der Waals surface area contributed by atoms with E-state index in [0.29, 0.717) is 5.84 Å². The first-order valence-electron chi connectivity index (χ1n) is 2.43. The maximum Gasteiger partial charge on any atom is 0.112 e. The number of nitrogens with one attached hydrogen (secondary N) is 1. The van der Waals surface area contributed by atoms with Crippen molar-refractivity contribution in [3.05, 3.63) is 12.4 Å². The van der Waals surface area contributed by atoms with Crippen LogP contribution in [0.25, 0.3) is 0 Å². The van der Waals surface area contributed by atoms with Gasteiger partial charge in [0.25, 0.3) is 0 Å². The fourth-order valence-corrected chi connectivity index (χ4v) is 0.230. The van der Waals surface area contributed by atoms with Crippen molar-refractivity contribution in [2.75, 3.05) is 0 Å². The molecule has 0 spiro atoms. The predicted octanol–water partition coefficient (Wildman–Crippen LogP) is 0.0399. The van der Waals surface area contributed by atoms with Gasteiger partial charge in [-0.05, 0) is 13.6 Å². The fourth-order valence-electron chi connectivity index (χ4n) is 0.230. The van der Waals surface area contributed by atoms with Crippen molar-refractivity contribution >= 4 is 12.6 Å². The van der Waals surface area contributed by atoms with Crippen molar-refractivity contribution in [2.45, 2.75) is 6.92 Å². The Morgan fingerprint density at radius 1 is 1.67 bits per heavy atom. The van der Waals surface area contributed by atoms with Crippen LogP contribution < -0.4 is 11.3 Å². The Kier molecular flexibility index (Phi) is 4.34. The summed E-state index contributed by atoms with van der Waals surface area (Å²) >= 11 is 0. The summed E-state index contributed by atoms with van der Waals surface area (Å²) in [5.41, 5.74) is 2.36. The van der Waals surface area contributed by atoms with Crippen LogP contribution >= 0.6 is 0 Å². The van der Waals surface area contributed by atoms with Crippen molar-refractivity contribution in [3.8, 4) is 0 Å². The van der Waals surface area contributed by atoms with Crippen LogP contribution in [0.3, 0.4) is 0 Å². The van der Waals surface area contributed by atoms with Gasteiger partial charge in [-0.1, -0.05) is 0 Å². The summed E-state index contributed by atoms with van der Waals surface area (Å²) in [7, 11) is 0. The molecule has 0 fully saturated rings. The summed E-state index contributed by atoms with van der Waals surface area (Å²) in [5.74, 6) is 5.63. The average Bonchev–Trinajstić information content (AvgIpc) is 1.89. The smallest absolute Gasteiger partial charge is 0.112 e. The van der Waals surface area contributed by atoms with E-state index in [1.807, 2.05) is 0 Å². The highest BCUT2D eigenvalue weighted by atomic mass is 15.2. The lowest BCUT2D eigenvalue weighted by Gasteiger charge is -1.91. The third-order valence-electron chi connectivity index (χ3n) is 0.649. The molecular weight excluding hydrogens is 116 g/mol. The number of amidine groups is 1. The molecule has 0 aromatic heterocycles. The maximum atomic E-state index is 4.99. The summed E-state index contributed by atoms with van der Waals surface area (Å²) in [6.45, 7) is 4.97. The van der Waals surface area contributed by atoms with Crippen LogP contribution in [0.1, 0.15) is 6.92 Å². The van der Waals surface area contributed by atoms with Crippen LogP contribution in [-0.2, 0) is 0 Å². The zero-order valence-electron chi connectivity index (χ0n) is 5.33. The van der Waals surface area contributed by atoms with E-state index in [0.717, 1.165) is 0 Å². The lowest BCUT2D eigenvalue weighted by atomic mass is 10.7. The lowest BCUT2D eigenvalue weighted by molar-refractivity contribution is 1.01. The normalized spacial score (nSPS) is 12.0. The van der Waals surface area contributed by atoms with Gasteiger partial charge in [-0.15, -0.1) is 0 Å². The molecule has 0 rings (SSSR count). The Bertz CT molecular complexity index is 136. The fraction of sp³-hybridized carbons (Fsp3) is 0.200.